The molecule has 3 unspecified atom stereocenters. The van der Waals surface area contributed by atoms with Gasteiger partial charge in [-0.2, -0.15) is 0 Å². The summed E-state index contributed by atoms with van der Waals surface area (Å²) in [6.07, 6.45) is 76.5. The number of allylic oxidation sites excluding steroid dienone is 9. The zero-order chi connectivity index (χ0) is 58.6. The summed E-state index contributed by atoms with van der Waals surface area (Å²) in [5, 5.41) is 3.07. The van der Waals surface area contributed by atoms with Gasteiger partial charge in [-0.05, 0) is 96.0 Å². The van der Waals surface area contributed by atoms with E-state index >= 15 is 0 Å². The average molecular weight is 1140 g/mol. The predicted octanol–water partition coefficient (Wildman–Crippen LogP) is 21.4. The second-order valence-corrected chi connectivity index (χ2v) is 25.8. The molecule has 0 rings (SSSR count). The molecule has 0 bridgehead atoms. The van der Waals surface area contributed by atoms with Crippen LogP contribution in [0.1, 0.15) is 323 Å². The highest BCUT2D eigenvalue weighted by atomic mass is 31.2. The Morgan fingerprint density at radius 1 is 0.438 bits per heavy atom. The lowest BCUT2D eigenvalue weighted by atomic mass is 10.0. The van der Waals surface area contributed by atoms with Crippen LogP contribution in [-0.2, 0) is 27.9 Å². The molecule has 0 aromatic heterocycles. The number of nitrogens with one attached hydrogen (secondary N) is 1. The van der Waals surface area contributed by atoms with E-state index in [1.165, 1.54) is 218 Å². The summed E-state index contributed by atoms with van der Waals surface area (Å²) in [6, 6.07) is -0.852. The Labute approximate surface area is 496 Å². The summed E-state index contributed by atoms with van der Waals surface area (Å²) in [7, 11) is 1.50. The number of phosphoric acid groups is 1. The van der Waals surface area contributed by atoms with Gasteiger partial charge in [0, 0.05) is 12.8 Å². The molecule has 0 spiro atoms. The topological polar surface area (TPSA) is 111 Å². The highest BCUT2D eigenvalue weighted by Gasteiger charge is 2.30. The van der Waals surface area contributed by atoms with Gasteiger partial charge in [0.05, 0.1) is 33.8 Å². The minimum Gasteiger partial charge on any atom is -0.456 e. The number of likely N-dealkylation sites (N-methyl/N-ethyl adjacent to an activating group) is 1. The quantitative estimate of drug-likeness (QED) is 0.0205. The number of esters is 1. The number of phosphoric ester groups is 1. The first-order valence-electron chi connectivity index (χ1n) is 34.1. The number of hydrogen-bond donors (Lipinski definition) is 2. The minimum absolute atomic E-state index is 0.0388. The summed E-state index contributed by atoms with van der Waals surface area (Å²) >= 11 is 0. The summed E-state index contributed by atoms with van der Waals surface area (Å²) in [4.78, 5) is 37.8. The van der Waals surface area contributed by atoms with Crippen LogP contribution in [-0.4, -0.2) is 74.3 Å². The Morgan fingerprint density at radius 2 is 0.762 bits per heavy atom. The largest absolute Gasteiger partial charge is 0.472 e. The highest BCUT2D eigenvalue weighted by Crippen LogP contribution is 2.43. The van der Waals surface area contributed by atoms with Crippen LogP contribution in [0.2, 0.25) is 0 Å². The van der Waals surface area contributed by atoms with E-state index in [-0.39, 0.29) is 31.5 Å². The molecule has 0 saturated carbocycles. The number of carbonyl (C=O) groups is 2. The van der Waals surface area contributed by atoms with Gasteiger partial charge in [-0.1, -0.05) is 275 Å². The first-order chi connectivity index (χ1) is 38.9. The van der Waals surface area contributed by atoms with Gasteiger partial charge in [0.2, 0.25) is 5.91 Å². The molecule has 2 N–H and O–H groups in total. The standard InChI is InChI=1S/C70H131N2O7P/c1-7-10-13-16-19-22-25-28-30-32-34-35-36-37-39-40-42-44-47-50-53-56-59-62-69(73)71-67(66-78-80(75,76)77-65-64-72(4,5)6)68(61-58-55-52-49-46-27-24-21-18-15-12-9-3)79-70(74)63-60-57-54-51-48-45-43-41-38-33-31-29-26-23-20-17-14-11-8-2/h19,22,28-31,34-35,58,61,67-68H,7-18,20-21,23-27,32-33,36-57,59-60,62-66H2,1-6H3,(H-,71,73,75,76)/p+1/b22-19-,30-28-,31-29+,35-34-,61-58-. The zero-order valence-corrected chi connectivity index (χ0v) is 54.5. The van der Waals surface area contributed by atoms with Gasteiger partial charge in [0.15, 0.2) is 0 Å². The van der Waals surface area contributed by atoms with E-state index in [4.69, 9.17) is 13.8 Å². The summed E-state index contributed by atoms with van der Waals surface area (Å²) in [5.74, 6) is -0.502. The van der Waals surface area contributed by atoms with Crippen LogP contribution < -0.4 is 5.32 Å². The summed E-state index contributed by atoms with van der Waals surface area (Å²) < 4.78 is 30.8. The second-order valence-electron chi connectivity index (χ2n) is 24.3. The third kappa shape index (κ3) is 60.3. The number of amides is 1. The van der Waals surface area contributed by atoms with Crippen molar-refractivity contribution >= 4 is 19.7 Å². The Balaban J connectivity index is 5.13. The van der Waals surface area contributed by atoms with Crippen molar-refractivity contribution in [2.75, 3.05) is 40.9 Å². The van der Waals surface area contributed by atoms with Crippen LogP contribution in [0, 0.1) is 0 Å². The molecule has 0 fully saturated rings. The van der Waals surface area contributed by atoms with Crippen LogP contribution >= 0.6 is 7.82 Å². The summed E-state index contributed by atoms with van der Waals surface area (Å²) in [5.41, 5.74) is 0. The van der Waals surface area contributed by atoms with E-state index in [0.717, 1.165) is 70.6 Å². The smallest absolute Gasteiger partial charge is 0.456 e. The van der Waals surface area contributed by atoms with Crippen LogP contribution in [0.25, 0.3) is 0 Å². The van der Waals surface area contributed by atoms with Gasteiger partial charge >= 0.3 is 13.8 Å². The van der Waals surface area contributed by atoms with E-state index < -0.39 is 20.0 Å². The normalized spacial score (nSPS) is 13.9. The Bertz CT molecular complexity index is 1550. The molecule has 0 aliphatic carbocycles. The van der Waals surface area contributed by atoms with Gasteiger partial charge in [0.1, 0.15) is 19.3 Å². The lowest BCUT2D eigenvalue weighted by Crippen LogP contribution is -2.47. The van der Waals surface area contributed by atoms with Gasteiger partial charge in [0.25, 0.3) is 0 Å². The van der Waals surface area contributed by atoms with Crippen molar-refractivity contribution in [2.24, 2.45) is 0 Å². The number of carbonyl (C=O) groups excluding carboxylic acids is 2. The first kappa shape index (κ1) is 77.7. The van der Waals surface area contributed by atoms with E-state index in [1.807, 2.05) is 33.3 Å². The van der Waals surface area contributed by atoms with Crippen molar-refractivity contribution in [3.63, 3.8) is 0 Å². The number of nitrogens with zero attached hydrogens (tertiary/aromatic N) is 1. The van der Waals surface area contributed by atoms with E-state index in [0.29, 0.717) is 17.4 Å². The van der Waals surface area contributed by atoms with Crippen molar-refractivity contribution in [1.29, 1.82) is 0 Å². The summed E-state index contributed by atoms with van der Waals surface area (Å²) in [6.45, 7) is 7.01. The molecule has 1 amide bonds. The number of unbranched alkanes of at least 4 members (excludes halogenated alkanes) is 38. The maximum absolute atomic E-state index is 13.6. The SMILES string of the molecule is CCCCC/C=C\C/C=C\C/C=C\CCCCCCCCCCCCC(=O)NC(COP(=O)(O)OCC[N+](C)(C)C)C(/C=C\CCCCCCCCCCCC)OC(=O)CCCCCCCCCCC/C=C/CCCCCCCC. The average Bonchev–Trinajstić information content (AvgIpc) is 3.42. The molecule has 0 heterocycles. The molecule has 3 atom stereocenters. The van der Waals surface area contributed by atoms with E-state index in [9.17, 15) is 19.0 Å². The van der Waals surface area contributed by atoms with Gasteiger partial charge in [-0.15, -0.1) is 0 Å². The molecule has 468 valence electrons. The zero-order valence-electron chi connectivity index (χ0n) is 53.6. The number of hydrogen-bond acceptors (Lipinski definition) is 6. The van der Waals surface area contributed by atoms with E-state index in [2.05, 4.69) is 74.7 Å². The molecule has 0 aromatic carbocycles. The number of rotatable bonds is 62. The van der Waals surface area contributed by atoms with Crippen LogP contribution in [0.15, 0.2) is 60.8 Å². The van der Waals surface area contributed by atoms with Crippen molar-refractivity contribution in [1.82, 2.24) is 5.32 Å². The van der Waals surface area contributed by atoms with Crippen LogP contribution in [0.5, 0.6) is 0 Å². The molecule has 0 aliphatic rings. The maximum atomic E-state index is 13.6. The Kier molecular flexibility index (Phi) is 58.1. The fourth-order valence-corrected chi connectivity index (χ4v) is 10.6. The van der Waals surface area contributed by atoms with E-state index in [1.54, 1.807) is 0 Å². The third-order valence-electron chi connectivity index (χ3n) is 15.2. The number of ether oxygens (including phenoxy) is 1. The van der Waals surface area contributed by atoms with Crippen molar-refractivity contribution < 1.29 is 37.3 Å². The first-order valence-corrected chi connectivity index (χ1v) is 35.6. The van der Waals surface area contributed by atoms with Gasteiger partial charge in [-0.3, -0.25) is 18.6 Å². The predicted molar refractivity (Wildman–Crippen MR) is 346 cm³/mol. The molecule has 0 saturated heterocycles. The molecule has 9 nitrogen and oxygen atoms in total. The minimum atomic E-state index is -4.45. The third-order valence-corrected chi connectivity index (χ3v) is 16.2. The van der Waals surface area contributed by atoms with Crippen molar-refractivity contribution in [3.05, 3.63) is 60.8 Å². The maximum Gasteiger partial charge on any atom is 0.472 e. The number of quaternary nitrogens is 1. The highest BCUT2D eigenvalue weighted by molar-refractivity contribution is 7.47. The molecule has 0 radical (unpaired) electrons. The van der Waals surface area contributed by atoms with Crippen molar-refractivity contribution in [2.45, 2.75) is 335 Å². The second kappa shape index (κ2) is 59.9. The Morgan fingerprint density at radius 3 is 1.18 bits per heavy atom. The monoisotopic (exact) mass is 1140 g/mol. The molecule has 0 aliphatic heterocycles. The van der Waals surface area contributed by atoms with Crippen molar-refractivity contribution in [3.8, 4) is 0 Å². The molecular weight excluding hydrogens is 1010 g/mol. The molecule has 80 heavy (non-hydrogen) atoms. The van der Waals surface area contributed by atoms with Gasteiger partial charge < -0.3 is 19.4 Å². The molecular formula is C70H132N2O7P+. The Hall–Kier alpha value is -2.29. The van der Waals surface area contributed by atoms with Crippen LogP contribution in [0.4, 0.5) is 0 Å². The molecule has 10 heteroatoms. The lowest BCUT2D eigenvalue weighted by Gasteiger charge is -2.27. The lowest BCUT2D eigenvalue weighted by molar-refractivity contribution is -0.870. The fourth-order valence-electron chi connectivity index (χ4n) is 9.88. The van der Waals surface area contributed by atoms with Crippen LogP contribution in [0.3, 0.4) is 0 Å². The molecule has 0 aromatic rings. The van der Waals surface area contributed by atoms with Gasteiger partial charge in [-0.25, -0.2) is 4.57 Å². The fraction of sp³-hybridized carbons (Fsp3) is 0.829.